The first kappa shape index (κ1) is 11.5. The van der Waals surface area contributed by atoms with Crippen molar-refractivity contribution in [3.8, 4) is 0 Å². The molecule has 1 aliphatic heterocycles. The Labute approximate surface area is 94.7 Å². The minimum atomic E-state index is -3.12. The van der Waals surface area contributed by atoms with Crippen LogP contribution in [0, 0.1) is 12.7 Å². The fourth-order valence-corrected chi connectivity index (χ4v) is 3.12. The molecular weight excluding hydrogens is 229 g/mol. The topological polar surface area (TPSA) is 46.2 Å². The van der Waals surface area contributed by atoms with Gasteiger partial charge in [-0.2, -0.15) is 0 Å². The first-order valence-corrected chi connectivity index (χ1v) is 6.86. The Morgan fingerprint density at radius 2 is 2.19 bits per heavy atom. The van der Waals surface area contributed by atoms with Crippen LogP contribution in [0.3, 0.4) is 0 Å². The van der Waals surface area contributed by atoms with Gasteiger partial charge in [0.05, 0.1) is 5.75 Å². The molecule has 1 N–H and O–H groups in total. The van der Waals surface area contributed by atoms with Crippen molar-refractivity contribution in [2.75, 3.05) is 12.3 Å². The van der Waals surface area contributed by atoms with Gasteiger partial charge in [0, 0.05) is 12.5 Å². The number of hydrogen-bond donors (Lipinski definition) is 1. The molecule has 0 aromatic heterocycles. The number of benzene rings is 1. The standard InChI is InChI=1S/C11H14FNO2S/c1-8-2-3-10(11(12)6-8)9-4-5-16(14,15)13-7-9/h2-3,6,9,13H,4-5,7H2,1H3. The lowest BCUT2D eigenvalue weighted by Crippen LogP contribution is -2.37. The number of sulfonamides is 1. The van der Waals surface area contributed by atoms with Crippen LogP contribution in [0.25, 0.3) is 0 Å². The lowest BCUT2D eigenvalue weighted by molar-refractivity contribution is 0.517. The van der Waals surface area contributed by atoms with Gasteiger partial charge in [-0.1, -0.05) is 12.1 Å². The van der Waals surface area contributed by atoms with Crippen LogP contribution >= 0.6 is 0 Å². The highest BCUT2D eigenvalue weighted by Gasteiger charge is 2.25. The molecule has 1 atom stereocenters. The third-order valence-corrected chi connectivity index (χ3v) is 4.26. The molecule has 1 heterocycles. The fraction of sp³-hybridized carbons (Fsp3) is 0.455. The highest BCUT2D eigenvalue weighted by Crippen LogP contribution is 2.25. The van der Waals surface area contributed by atoms with Crippen LogP contribution in [0.4, 0.5) is 4.39 Å². The van der Waals surface area contributed by atoms with Gasteiger partial charge >= 0.3 is 0 Å². The molecule has 3 nitrogen and oxygen atoms in total. The molecule has 0 aliphatic carbocycles. The molecule has 2 rings (SSSR count). The van der Waals surface area contributed by atoms with Crippen molar-refractivity contribution >= 4 is 10.0 Å². The van der Waals surface area contributed by atoms with Crippen molar-refractivity contribution in [1.29, 1.82) is 0 Å². The van der Waals surface area contributed by atoms with Crippen molar-refractivity contribution < 1.29 is 12.8 Å². The molecule has 0 spiro atoms. The zero-order valence-electron chi connectivity index (χ0n) is 9.03. The lowest BCUT2D eigenvalue weighted by atomic mass is 9.95. The zero-order valence-corrected chi connectivity index (χ0v) is 9.85. The summed E-state index contributed by atoms with van der Waals surface area (Å²) < 4.78 is 38.4. The summed E-state index contributed by atoms with van der Waals surface area (Å²) in [5.41, 5.74) is 1.48. The Balaban J connectivity index is 2.20. The van der Waals surface area contributed by atoms with Gasteiger partial charge < -0.3 is 0 Å². The Kier molecular flexibility index (Phi) is 2.99. The minimum Gasteiger partial charge on any atom is -0.215 e. The maximum atomic E-state index is 13.7. The predicted molar refractivity (Wildman–Crippen MR) is 60.3 cm³/mol. The summed E-state index contributed by atoms with van der Waals surface area (Å²) in [6.07, 6.45) is 0.481. The van der Waals surface area contributed by atoms with E-state index in [1.165, 1.54) is 6.07 Å². The van der Waals surface area contributed by atoms with E-state index in [1.807, 2.05) is 13.0 Å². The third kappa shape index (κ3) is 2.41. The summed E-state index contributed by atoms with van der Waals surface area (Å²) in [6.45, 7) is 2.12. The normalized spacial score (nSPS) is 24.2. The van der Waals surface area contributed by atoms with E-state index in [0.717, 1.165) is 5.56 Å². The fourth-order valence-electron chi connectivity index (χ4n) is 1.93. The predicted octanol–water partition coefficient (Wildman–Crippen LogP) is 1.54. The Morgan fingerprint density at radius 1 is 1.44 bits per heavy atom. The maximum Gasteiger partial charge on any atom is 0.211 e. The highest BCUT2D eigenvalue weighted by molar-refractivity contribution is 7.89. The van der Waals surface area contributed by atoms with Crippen molar-refractivity contribution in [2.24, 2.45) is 0 Å². The molecule has 88 valence electrons. The summed E-state index contributed by atoms with van der Waals surface area (Å²) in [6, 6.07) is 5.08. The minimum absolute atomic E-state index is 0.0517. The lowest BCUT2D eigenvalue weighted by Gasteiger charge is -2.23. The molecule has 5 heteroatoms. The van der Waals surface area contributed by atoms with E-state index in [0.29, 0.717) is 18.5 Å². The van der Waals surface area contributed by atoms with Crippen LogP contribution in [-0.2, 0) is 10.0 Å². The van der Waals surface area contributed by atoms with E-state index in [1.54, 1.807) is 6.07 Å². The van der Waals surface area contributed by atoms with Crippen LogP contribution in [0.1, 0.15) is 23.5 Å². The number of aryl methyl sites for hydroxylation is 1. The van der Waals surface area contributed by atoms with Crippen molar-refractivity contribution in [3.63, 3.8) is 0 Å². The Bertz CT molecular complexity index is 485. The quantitative estimate of drug-likeness (QED) is 0.813. The van der Waals surface area contributed by atoms with Gasteiger partial charge in [0.15, 0.2) is 0 Å². The molecule has 1 aromatic rings. The second-order valence-electron chi connectivity index (χ2n) is 4.18. The number of hydrogen-bond acceptors (Lipinski definition) is 2. The highest BCUT2D eigenvalue weighted by atomic mass is 32.2. The van der Waals surface area contributed by atoms with E-state index in [-0.39, 0.29) is 17.5 Å². The van der Waals surface area contributed by atoms with E-state index in [4.69, 9.17) is 0 Å². The summed E-state index contributed by atoms with van der Waals surface area (Å²) in [4.78, 5) is 0. The summed E-state index contributed by atoms with van der Waals surface area (Å²) in [5.74, 6) is -0.222. The molecule has 1 fully saturated rings. The van der Waals surface area contributed by atoms with E-state index >= 15 is 0 Å². The number of rotatable bonds is 1. The van der Waals surface area contributed by atoms with Crippen LogP contribution in [0.5, 0.6) is 0 Å². The average molecular weight is 243 g/mol. The van der Waals surface area contributed by atoms with Gasteiger partial charge in [-0.3, -0.25) is 0 Å². The number of halogens is 1. The van der Waals surface area contributed by atoms with Crippen molar-refractivity contribution in [3.05, 3.63) is 35.1 Å². The third-order valence-electron chi connectivity index (χ3n) is 2.88. The molecule has 1 aliphatic rings. The van der Waals surface area contributed by atoms with Gasteiger partial charge in [-0.15, -0.1) is 0 Å². The largest absolute Gasteiger partial charge is 0.215 e. The molecular formula is C11H14FNO2S. The average Bonchev–Trinajstić information content (AvgIpc) is 2.19. The zero-order chi connectivity index (χ0) is 11.8. The monoisotopic (exact) mass is 243 g/mol. The Morgan fingerprint density at radius 3 is 2.75 bits per heavy atom. The Hall–Kier alpha value is -0.940. The molecule has 0 bridgehead atoms. The molecule has 1 saturated heterocycles. The van der Waals surface area contributed by atoms with Crippen molar-refractivity contribution in [2.45, 2.75) is 19.3 Å². The first-order valence-electron chi connectivity index (χ1n) is 5.21. The van der Waals surface area contributed by atoms with Crippen LogP contribution in [0.15, 0.2) is 18.2 Å². The SMILES string of the molecule is Cc1ccc(C2CCS(=O)(=O)NC2)c(F)c1. The number of nitrogens with one attached hydrogen (secondary N) is 1. The van der Waals surface area contributed by atoms with Crippen LogP contribution in [0.2, 0.25) is 0 Å². The van der Waals surface area contributed by atoms with E-state index in [9.17, 15) is 12.8 Å². The molecule has 1 unspecified atom stereocenters. The summed E-state index contributed by atoms with van der Waals surface area (Å²) in [5, 5.41) is 0. The van der Waals surface area contributed by atoms with Crippen molar-refractivity contribution in [1.82, 2.24) is 4.72 Å². The van der Waals surface area contributed by atoms with Crippen LogP contribution in [-0.4, -0.2) is 20.7 Å². The summed E-state index contributed by atoms with van der Waals surface area (Å²) in [7, 11) is -3.12. The van der Waals surface area contributed by atoms with Gasteiger partial charge in [0.25, 0.3) is 0 Å². The molecule has 1 aromatic carbocycles. The van der Waals surface area contributed by atoms with E-state index in [2.05, 4.69) is 4.72 Å². The molecule has 16 heavy (non-hydrogen) atoms. The van der Waals surface area contributed by atoms with Gasteiger partial charge in [0.1, 0.15) is 5.82 Å². The second kappa shape index (κ2) is 4.14. The second-order valence-corrected chi connectivity index (χ2v) is 6.10. The smallest absolute Gasteiger partial charge is 0.211 e. The van der Waals surface area contributed by atoms with Gasteiger partial charge in [-0.05, 0) is 30.5 Å². The maximum absolute atomic E-state index is 13.7. The molecule has 0 radical (unpaired) electrons. The summed E-state index contributed by atoms with van der Waals surface area (Å²) >= 11 is 0. The van der Waals surface area contributed by atoms with Gasteiger partial charge in [-0.25, -0.2) is 17.5 Å². The van der Waals surface area contributed by atoms with Crippen LogP contribution < -0.4 is 4.72 Å². The molecule has 0 amide bonds. The van der Waals surface area contributed by atoms with Gasteiger partial charge in [0.2, 0.25) is 10.0 Å². The molecule has 0 saturated carbocycles. The van der Waals surface area contributed by atoms with E-state index < -0.39 is 10.0 Å². The first-order chi connectivity index (χ1) is 7.48.